The number of anilines is 1. The van der Waals surface area contributed by atoms with Crippen molar-refractivity contribution < 1.29 is 9.59 Å². The number of benzene rings is 1. The van der Waals surface area contributed by atoms with Gasteiger partial charge in [0.25, 0.3) is 11.8 Å². The number of nitrogens with one attached hydrogen (secondary N) is 2. The molecule has 1 aromatic heterocycles. The second-order valence-electron chi connectivity index (χ2n) is 4.16. The van der Waals surface area contributed by atoms with E-state index in [0.717, 1.165) is 10.6 Å². The highest BCUT2D eigenvalue weighted by Gasteiger charge is 2.15. The molecule has 0 unspecified atom stereocenters. The Hall–Kier alpha value is -1.79. The molecule has 110 valence electrons. The molecule has 2 rings (SSSR count). The van der Waals surface area contributed by atoms with Crippen molar-refractivity contribution in [3.63, 3.8) is 0 Å². The van der Waals surface area contributed by atoms with E-state index in [1.165, 1.54) is 11.3 Å². The van der Waals surface area contributed by atoms with Gasteiger partial charge in [-0.3, -0.25) is 9.59 Å². The van der Waals surface area contributed by atoms with Gasteiger partial charge in [-0.1, -0.05) is 13.0 Å². The maximum atomic E-state index is 12.3. The van der Waals surface area contributed by atoms with Crippen LogP contribution in [0.15, 0.2) is 40.6 Å². The van der Waals surface area contributed by atoms with E-state index in [0.29, 0.717) is 16.1 Å². The van der Waals surface area contributed by atoms with Crippen molar-refractivity contribution in [1.82, 2.24) is 5.32 Å². The highest BCUT2D eigenvalue weighted by molar-refractivity contribution is 7.99. The molecule has 0 aliphatic carbocycles. The van der Waals surface area contributed by atoms with Gasteiger partial charge in [0.1, 0.15) is 5.00 Å². The summed E-state index contributed by atoms with van der Waals surface area (Å²) in [5, 5.41) is 7.70. The molecule has 4 nitrogen and oxygen atoms in total. The van der Waals surface area contributed by atoms with Crippen LogP contribution >= 0.6 is 23.1 Å². The fourth-order valence-corrected chi connectivity index (χ4v) is 3.29. The molecular weight excluding hydrogens is 304 g/mol. The molecule has 0 aliphatic rings. The van der Waals surface area contributed by atoms with Gasteiger partial charge < -0.3 is 10.6 Å². The lowest BCUT2D eigenvalue weighted by molar-refractivity contribution is 0.0964. The number of carbonyl (C=O) groups is 2. The first-order chi connectivity index (χ1) is 10.2. The second kappa shape index (κ2) is 7.28. The number of thiophene rings is 1. The third kappa shape index (κ3) is 3.86. The number of amides is 2. The van der Waals surface area contributed by atoms with E-state index >= 15 is 0 Å². The summed E-state index contributed by atoms with van der Waals surface area (Å²) in [6.45, 7) is 2.07. The summed E-state index contributed by atoms with van der Waals surface area (Å²) in [5.41, 5.74) is 1.07. The van der Waals surface area contributed by atoms with Crippen LogP contribution in [0.5, 0.6) is 0 Å². The van der Waals surface area contributed by atoms with E-state index in [1.807, 2.05) is 18.2 Å². The standard InChI is InChI=1S/C15H16N2O2S2/c1-3-20-11-6-4-5-10(9-11)13(18)17-15-12(7-8-21-15)14(19)16-2/h4-9H,3H2,1-2H3,(H,16,19)(H,17,18). The minimum Gasteiger partial charge on any atom is -0.355 e. The maximum Gasteiger partial charge on any atom is 0.256 e. The Balaban J connectivity index is 2.17. The summed E-state index contributed by atoms with van der Waals surface area (Å²) < 4.78 is 0. The average Bonchev–Trinajstić information content (AvgIpc) is 2.95. The Morgan fingerprint density at radius 3 is 2.76 bits per heavy atom. The van der Waals surface area contributed by atoms with Crippen molar-refractivity contribution >= 4 is 39.9 Å². The molecule has 0 bridgehead atoms. The van der Waals surface area contributed by atoms with Crippen molar-refractivity contribution in [2.24, 2.45) is 0 Å². The van der Waals surface area contributed by atoms with Gasteiger partial charge in [0.15, 0.2) is 0 Å². The number of hydrogen-bond acceptors (Lipinski definition) is 4. The molecule has 0 radical (unpaired) electrons. The summed E-state index contributed by atoms with van der Waals surface area (Å²) in [6, 6.07) is 9.16. The van der Waals surface area contributed by atoms with Gasteiger partial charge in [-0.2, -0.15) is 0 Å². The Kier molecular flexibility index (Phi) is 5.41. The van der Waals surface area contributed by atoms with E-state index in [2.05, 4.69) is 17.6 Å². The lowest BCUT2D eigenvalue weighted by atomic mass is 10.2. The van der Waals surface area contributed by atoms with Gasteiger partial charge in [-0.25, -0.2) is 0 Å². The van der Waals surface area contributed by atoms with Gasteiger partial charge >= 0.3 is 0 Å². The van der Waals surface area contributed by atoms with Crippen LogP contribution in [0.2, 0.25) is 0 Å². The van der Waals surface area contributed by atoms with Crippen LogP contribution in [0.25, 0.3) is 0 Å². The topological polar surface area (TPSA) is 58.2 Å². The molecule has 21 heavy (non-hydrogen) atoms. The fraction of sp³-hybridized carbons (Fsp3) is 0.200. The number of thioether (sulfide) groups is 1. The monoisotopic (exact) mass is 320 g/mol. The number of carbonyl (C=O) groups excluding carboxylic acids is 2. The van der Waals surface area contributed by atoms with E-state index in [-0.39, 0.29) is 11.8 Å². The van der Waals surface area contributed by atoms with Crippen LogP contribution < -0.4 is 10.6 Å². The predicted molar refractivity (Wildman–Crippen MR) is 88.5 cm³/mol. The fourth-order valence-electron chi connectivity index (χ4n) is 1.79. The minimum atomic E-state index is -0.207. The Morgan fingerprint density at radius 1 is 1.24 bits per heavy atom. The summed E-state index contributed by atoms with van der Waals surface area (Å²) >= 11 is 3.02. The molecule has 2 N–H and O–H groups in total. The normalized spacial score (nSPS) is 10.2. The zero-order chi connectivity index (χ0) is 15.2. The van der Waals surface area contributed by atoms with Crippen molar-refractivity contribution in [2.45, 2.75) is 11.8 Å². The Bertz CT molecular complexity index is 653. The number of rotatable bonds is 5. The van der Waals surface area contributed by atoms with Gasteiger partial charge in [-0.15, -0.1) is 23.1 Å². The molecule has 0 saturated carbocycles. The highest BCUT2D eigenvalue weighted by atomic mass is 32.2. The summed E-state index contributed by atoms with van der Waals surface area (Å²) in [6.07, 6.45) is 0. The van der Waals surface area contributed by atoms with Crippen molar-refractivity contribution in [3.05, 3.63) is 46.8 Å². The summed E-state index contributed by atoms with van der Waals surface area (Å²) in [7, 11) is 1.57. The van der Waals surface area contributed by atoms with E-state index in [9.17, 15) is 9.59 Å². The van der Waals surface area contributed by atoms with E-state index in [4.69, 9.17) is 0 Å². The molecule has 1 heterocycles. The lowest BCUT2D eigenvalue weighted by Crippen LogP contribution is -2.20. The third-order valence-corrected chi connectivity index (χ3v) is 4.48. The zero-order valence-electron chi connectivity index (χ0n) is 11.8. The van der Waals surface area contributed by atoms with Crippen LogP contribution in [-0.2, 0) is 0 Å². The van der Waals surface area contributed by atoms with Crippen LogP contribution in [-0.4, -0.2) is 24.6 Å². The molecule has 0 spiro atoms. The van der Waals surface area contributed by atoms with Crippen LogP contribution in [0, 0.1) is 0 Å². The first-order valence-electron chi connectivity index (χ1n) is 6.49. The molecule has 2 amide bonds. The quantitative estimate of drug-likeness (QED) is 0.829. The molecule has 0 fully saturated rings. The number of hydrogen-bond donors (Lipinski definition) is 2. The van der Waals surface area contributed by atoms with Crippen LogP contribution in [0.3, 0.4) is 0 Å². The predicted octanol–water partition coefficient (Wildman–Crippen LogP) is 3.47. The molecule has 2 aromatic rings. The molecule has 0 saturated heterocycles. The second-order valence-corrected chi connectivity index (χ2v) is 6.41. The average molecular weight is 320 g/mol. The largest absolute Gasteiger partial charge is 0.355 e. The van der Waals surface area contributed by atoms with E-state index in [1.54, 1.807) is 36.3 Å². The summed E-state index contributed by atoms with van der Waals surface area (Å²) in [5.74, 6) is 0.541. The molecular formula is C15H16N2O2S2. The van der Waals surface area contributed by atoms with Crippen molar-refractivity contribution in [3.8, 4) is 0 Å². The SMILES string of the molecule is CCSc1cccc(C(=O)Nc2sccc2C(=O)NC)c1. The smallest absolute Gasteiger partial charge is 0.256 e. The zero-order valence-corrected chi connectivity index (χ0v) is 13.4. The Morgan fingerprint density at radius 2 is 2.05 bits per heavy atom. The van der Waals surface area contributed by atoms with Gasteiger partial charge in [0.2, 0.25) is 0 Å². The first-order valence-corrected chi connectivity index (χ1v) is 8.36. The molecule has 6 heteroatoms. The van der Waals surface area contributed by atoms with Crippen molar-refractivity contribution in [1.29, 1.82) is 0 Å². The van der Waals surface area contributed by atoms with Crippen LogP contribution in [0.4, 0.5) is 5.00 Å². The molecule has 1 aromatic carbocycles. The lowest BCUT2D eigenvalue weighted by Gasteiger charge is -2.07. The molecule has 0 aliphatic heterocycles. The molecule has 0 atom stereocenters. The highest BCUT2D eigenvalue weighted by Crippen LogP contribution is 2.24. The van der Waals surface area contributed by atoms with Crippen LogP contribution in [0.1, 0.15) is 27.6 Å². The van der Waals surface area contributed by atoms with Crippen molar-refractivity contribution in [2.75, 3.05) is 18.1 Å². The summed E-state index contributed by atoms with van der Waals surface area (Å²) in [4.78, 5) is 25.0. The van der Waals surface area contributed by atoms with Gasteiger partial charge in [0.05, 0.1) is 5.56 Å². The third-order valence-electron chi connectivity index (χ3n) is 2.77. The first kappa shape index (κ1) is 15.6. The van der Waals surface area contributed by atoms with Gasteiger partial charge in [-0.05, 0) is 35.4 Å². The van der Waals surface area contributed by atoms with E-state index < -0.39 is 0 Å². The maximum absolute atomic E-state index is 12.3. The van der Waals surface area contributed by atoms with Gasteiger partial charge in [0, 0.05) is 17.5 Å². The minimum absolute atomic E-state index is 0.207. The Labute approximate surface area is 131 Å².